The van der Waals surface area contributed by atoms with Gasteiger partial charge < -0.3 is 9.47 Å². The predicted octanol–water partition coefficient (Wildman–Crippen LogP) is 6.45. The van der Waals surface area contributed by atoms with E-state index in [1.54, 1.807) is 30.5 Å². The van der Waals surface area contributed by atoms with Crippen LogP contribution in [-0.4, -0.2) is 18.7 Å². The first-order valence-electron chi connectivity index (χ1n) is 9.39. The summed E-state index contributed by atoms with van der Waals surface area (Å²) in [7, 11) is 0. The number of rotatable bonds is 8. The topological polar surface area (TPSA) is 59.9 Å². The molecule has 0 saturated heterocycles. The SMILES string of the molecule is CCOc1cc(/C=N\NC(=O)c2ccccc2Cl)cc(I)c1OCc1ccc(Br)cc1. The van der Waals surface area contributed by atoms with Crippen molar-refractivity contribution in [3.63, 3.8) is 0 Å². The molecule has 3 aromatic carbocycles. The van der Waals surface area contributed by atoms with Crippen LogP contribution in [0.2, 0.25) is 5.02 Å². The van der Waals surface area contributed by atoms with Crippen molar-refractivity contribution in [2.75, 3.05) is 6.61 Å². The summed E-state index contributed by atoms with van der Waals surface area (Å²) in [6.07, 6.45) is 1.55. The minimum atomic E-state index is -0.379. The van der Waals surface area contributed by atoms with Gasteiger partial charge in [0.05, 0.1) is 27.0 Å². The molecule has 0 heterocycles. The Hall–Kier alpha value is -2.10. The minimum absolute atomic E-state index is 0.364. The van der Waals surface area contributed by atoms with Gasteiger partial charge in [0.25, 0.3) is 5.91 Å². The Morgan fingerprint density at radius 2 is 1.90 bits per heavy atom. The number of nitrogens with zero attached hydrogens (tertiary/aromatic N) is 1. The molecule has 0 unspecified atom stereocenters. The van der Waals surface area contributed by atoms with E-state index in [2.05, 4.69) is 49.0 Å². The molecule has 0 aromatic heterocycles. The van der Waals surface area contributed by atoms with E-state index in [0.29, 0.717) is 35.3 Å². The maximum atomic E-state index is 12.2. The Bertz CT molecular complexity index is 1090. The fraction of sp³-hybridized carbons (Fsp3) is 0.130. The summed E-state index contributed by atoms with van der Waals surface area (Å²) >= 11 is 11.7. The molecule has 0 saturated carbocycles. The van der Waals surface area contributed by atoms with Crippen molar-refractivity contribution in [1.82, 2.24) is 5.43 Å². The van der Waals surface area contributed by atoms with Crippen molar-refractivity contribution < 1.29 is 14.3 Å². The number of benzene rings is 3. The highest BCUT2D eigenvalue weighted by atomic mass is 127. The second kappa shape index (κ2) is 11.5. The number of hydrogen-bond donors (Lipinski definition) is 1. The summed E-state index contributed by atoms with van der Waals surface area (Å²) in [5.41, 5.74) is 4.67. The average molecular weight is 614 g/mol. The third-order valence-electron chi connectivity index (χ3n) is 4.13. The van der Waals surface area contributed by atoms with E-state index in [9.17, 15) is 4.79 Å². The monoisotopic (exact) mass is 612 g/mol. The van der Waals surface area contributed by atoms with Crippen LogP contribution < -0.4 is 14.9 Å². The van der Waals surface area contributed by atoms with Crippen molar-refractivity contribution >= 4 is 62.2 Å². The normalized spacial score (nSPS) is 10.8. The number of amides is 1. The standard InChI is InChI=1S/C23H19BrClIN2O3/c1-2-30-21-12-16(13-27-28-23(29)18-5-3-4-6-19(18)25)11-20(26)22(21)31-14-15-7-9-17(24)10-8-15/h3-13H,2,14H2,1H3,(H,28,29)/b27-13-. The molecule has 31 heavy (non-hydrogen) atoms. The first-order valence-corrected chi connectivity index (χ1v) is 11.6. The minimum Gasteiger partial charge on any atom is -0.490 e. The van der Waals surface area contributed by atoms with Crippen LogP contribution in [0, 0.1) is 3.57 Å². The van der Waals surface area contributed by atoms with Crippen LogP contribution in [0.1, 0.15) is 28.4 Å². The van der Waals surface area contributed by atoms with Crippen molar-refractivity contribution in [2.45, 2.75) is 13.5 Å². The van der Waals surface area contributed by atoms with Crippen molar-refractivity contribution in [3.8, 4) is 11.5 Å². The van der Waals surface area contributed by atoms with E-state index >= 15 is 0 Å². The van der Waals surface area contributed by atoms with Crippen LogP contribution in [0.4, 0.5) is 0 Å². The van der Waals surface area contributed by atoms with Gasteiger partial charge in [0.15, 0.2) is 11.5 Å². The smallest absolute Gasteiger partial charge is 0.272 e. The molecule has 3 rings (SSSR count). The van der Waals surface area contributed by atoms with Gasteiger partial charge in [-0.1, -0.05) is 51.8 Å². The van der Waals surface area contributed by atoms with Gasteiger partial charge in [-0.25, -0.2) is 5.43 Å². The number of nitrogens with one attached hydrogen (secondary N) is 1. The van der Waals surface area contributed by atoms with Gasteiger partial charge in [0, 0.05) is 4.47 Å². The Balaban J connectivity index is 1.73. The lowest BCUT2D eigenvalue weighted by Gasteiger charge is -2.15. The van der Waals surface area contributed by atoms with Gasteiger partial charge in [0.2, 0.25) is 0 Å². The number of carbonyl (C=O) groups excluding carboxylic acids is 1. The molecule has 5 nitrogen and oxygen atoms in total. The zero-order chi connectivity index (χ0) is 22.2. The van der Waals surface area contributed by atoms with Crippen LogP contribution in [0.15, 0.2) is 70.2 Å². The lowest BCUT2D eigenvalue weighted by Crippen LogP contribution is -2.18. The molecule has 160 valence electrons. The largest absolute Gasteiger partial charge is 0.490 e. The summed E-state index contributed by atoms with van der Waals surface area (Å²) in [4.78, 5) is 12.2. The van der Waals surface area contributed by atoms with Crippen LogP contribution in [0.3, 0.4) is 0 Å². The van der Waals surface area contributed by atoms with Crippen LogP contribution in [0.25, 0.3) is 0 Å². The molecule has 0 aliphatic carbocycles. The molecule has 0 aliphatic heterocycles. The maximum absolute atomic E-state index is 12.2. The average Bonchev–Trinajstić information content (AvgIpc) is 2.75. The summed E-state index contributed by atoms with van der Waals surface area (Å²) in [5, 5.41) is 4.42. The Morgan fingerprint density at radius 1 is 1.16 bits per heavy atom. The van der Waals surface area contributed by atoms with Gasteiger partial charge in [-0.05, 0) is 77.0 Å². The van der Waals surface area contributed by atoms with E-state index in [4.69, 9.17) is 21.1 Å². The van der Waals surface area contributed by atoms with Gasteiger partial charge in [-0.15, -0.1) is 0 Å². The molecule has 3 aromatic rings. The van der Waals surface area contributed by atoms with Crippen molar-refractivity contribution in [3.05, 3.63) is 90.4 Å². The summed E-state index contributed by atoms with van der Waals surface area (Å²) in [6.45, 7) is 2.83. The third-order valence-corrected chi connectivity index (χ3v) is 5.79. The molecule has 1 amide bonds. The predicted molar refractivity (Wildman–Crippen MR) is 135 cm³/mol. The van der Waals surface area contributed by atoms with Crippen molar-refractivity contribution in [2.24, 2.45) is 5.10 Å². The summed E-state index contributed by atoms with van der Waals surface area (Å²) in [5.74, 6) is 0.907. The first-order chi connectivity index (χ1) is 15.0. The number of hydrazone groups is 1. The Morgan fingerprint density at radius 3 is 2.61 bits per heavy atom. The molecule has 0 radical (unpaired) electrons. The highest BCUT2D eigenvalue weighted by Gasteiger charge is 2.13. The second-order valence-electron chi connectivity index (χ2n) is 6.36. The molecular formula is C23H19BrClIN2O3. The second-order valence-corrected chi connectivity index (χ2v) is 8.84. The van der Waals surface area contributed by atoms with E-state index in [1.165, 1.54) is 0 Å². The third kappa shape index (κ3) is 6.69. The van der Waals surface area contributed by atoms with E-state index in [1.807, 2.05) is 43.3 Å². The van der Waals surface area contributed by atoms with Gasteiger partial charge >= 0.3 is 0 Å². The molecular weight excluding hydrogens is 595 g/mol. The Kier molecular flexibility index (Phi) is 8.74. The highest BCUT2D eigenvalue weighted by molar-refractivity contribution is 14.1. The highest BCUT2D eigenvalue weighted by Crippen LogP contribution is 2.34. The lowest BCUT2D eigenvalue weighted by atomic mass is 10.2. The molecule has 0 spiro atoms. The fourth-order valence-corrected chi connectivity index (χ4v) is 3.94. The number of hydrogen-bond acceptors (Lipinski definition) is 4. The molecule has 0 bridgehead atoms. The number of ether oxygens (including phenoxy) is 2. The van der Waals surface area contributed by atoms with Gasteiger partial charge in [0.1, 0.15) is 6.61 Å². The lowest BCUT2D eigenvalue weighted by molar-refractivity contribution is 0.0955. The van der Waals surface area contributed by atoms with E-state index in [0.717, 1.165) is 19.2 Å². The number of halogens is 3. The molecule has 0 aliphatic rings. The maximum Gasteiger partial charge on any atom is 0.272 e. The molecule has 1 N–H and O–H groups in total. The van der Waals surface area contributed by atoms with Gasteiger partial charge in [-0.2, -0.15) is 5.10 Å². The van der Waals surface area contributed by atoms with Crippen LogP contribution >= 0.6 is 50.1 Å². The first kappa shape index (κ1) is 23.6. The summed E-state index contributed by atoms with van der Waals surface area (Å²) in [6, 6.07) is 18.5. The van der Waals surface area contributed by atoms with Crippen LogP contribution in [-0.2, 0) is 6.61 Å². The molecule has 8 heteroatoms. The quantitative estimate of drug-likeness (QED) is 0.181. The van der Waals surface area contributed by atoms with Crippen molar-refractivity contribution in [1.29, 1.82) is 0 Å². The zero-order valence-corrected chi connectivity index (χ0v) is 21.1. The zero-order valence-electron chi connectivity index (χ0n) is 16.6. The van der Waals surface area contributed by atoms with E-state index in [-0.39, 0.29) is 5.91 Å². The number of carbonyl (C=O) groups is 1. The molecule has 0 fully saturated rings. The Labute approximate surface area is 208 Å². The summed E-state index contributed by atoms with van der Waals surface area (Å²) < 4.78 is 13.7. The fourth-order valence-electron chi connectivity index (χ4n) is 2.67. The van der Waals surface area contributed by atoms with Gasteiger partial charge in [-0.3, -0.25) is 4.79 Å². The van der Waals surface area contributed by atoms with Crippen LogP contribution in [0.5, 0.6) is 11.5 Å². The molecule has 0 atom stereocenters. The van der Waals surface area contributed by atoms with E-state index < -0.39 is 0 Å².